The minimum atomic E-state index is -0.568. The number of pyridine rings is 1. The van der Waals surface area contributed by atoms with Gasteiger partial charge in [-0.15, -0.1) is 0 Å². The molecule has 2 heterocycles. The summed E-state index contributed by atoms with van der Waals surface area (Å²) in [7, 11) is 0. The highest BCUT2D eigenvalue weighted by atomic mass is 79.9. The second kappa shape index (κ2) is 10.3. The molecule has 1 atom stereocenters. The van der Waals surface area contributed by atoms with E-state index < -0.39 is 6.10 Å². The Morgan fingerprint density at radius 2 is 1.87 bits per heavy atom. The Kier molecular flexibility index (Phi) is 7.70. The van der Waals surface area contributed by atoms with Gasteiger partial charge in [-0.2, -0.15) is 0 Å². The number of amides is 2. The third kappa shape index (κ3) is 6.06. The van der Waals surface area contributed by atoms with Crippen LogP contribution >= 0.6 is 15.9 Å². The minimum Gasteiger partial charge on any atom is -0.481 e. The molecule has 1 aromatic heterocycles. The van der Waals surface area contributed by atoms with E-state index in [0.29, 0.717) is 43.4 Å². The van der Waals surface area contributed by atoms with E-state index in [-0.39, 0.29) is 17.7 Å². The summed E-state index contributed by atoms with van der Waals surface area (Å²) in [6, 6.07) is 9.58. The van der Waals surface area contributed by atoms with Crippen molar-refractivity contribution in [2.45, 2.75) is 52.6 Å². The van der Waals surface area contributed by atoms with Crippen molar-refractivity contribution in [1.29, 1.82) is 0 Å². The largest absolute Gasteiger partial charge is 0.481 e. The number of nitrogens with one attached hydrogen (secondary N) is 1. The Hall–Kier alpha value is -2.41. The monoisotopic (exact) mass is 487 g/mol. The second-order valence-corrected chi connectivity index (χ2v) is 9.30. The average Bonchev–Trinajstić information content (AvgIpc) is 2.74. The van der Waals surface area contributed by atoms with Gasteiger partial charge in [-0.05, 0) is 83.9 Å². The van der Waals surface area contributed by atoms with Crippen LogP contribution in [0.2, 0.25) is 0 Å². The first kappa shape index (κ1) is 23.3. The maximum atomic E-state index is 12.8. The van der Waals surface area contributed by atoms with Crippen LogP contribution in [0, 0.1) is 12.8 Å². The molecule has 3 rings (SSSR count). The van der Waals surface area contributed by atoms with Gasteiger partial charge < -0.3 is 15.0 Å². The number of likely N-dealkylation sites (tertiary alicyclic amines) is 1. The molecule has 1 aromatic carbocycles. The normalized spacial score (nSPS) is 15.6. The maximum Gasteiger partial charge on any atom is 0.263 e. The van der Waals surface area contributed by atoms with Crippen molar-refractivity contribution in [1.82, 2.24) is 9.88 Å². The van der Waals surface area contributed by atoms with E-state index in [9.17, 15) is 9.59 Å². The van der Waals surface area contributed by atoms with Gasteiger partial charge in [-0.25, -0.2) is 4.98 Å². The molecule has 31 heavy (non-hydrogen) atoms. The number of rotatable bonds is 6. The molecule has 2 aromatic rings. The Balaban J connectivity index is 1.50. The molecule has 1 saturated heterocycles. The molecular weight excluding hydrogens is 458 g/mol. The molecule has 1 aliphatic heterocycles. The molecule has 1 unspecified atom stereocenters. The van der Waals surface area contributed by atoms with Gasteiger partial charge in [0.25, 0.3) is 5.91 Å². The summed E-state index contributed by atoms with van der Waals surface area (Å²) < 4.78 is 6.79. The molecule has 2 amide bonds. The first-order chi connectivity index (χ1) is 14.7. The lowest BCUT2D eigenvalue weighted by molar-refractivity contribution is -0.140. The van der Waals surface area contributed by atoms with Gasteiger partial charge in [0, 0.05) is 29.7 Å². The number of aryl methyl sites for hydroxylation is 1. The molecule has 0 bridgehead atoms. The first-order valence-electron chi connectivity index (χ1n) is 10.7. The van der Waals surface area contributed by atoms with Crippen LogP contribution in [0.3, 0.4) is 0 Å². The first-order valence-corrected chi connectivity index (χ1v) is 11.5. The molecule has 7 heteroatoms. The average molecular weight is 488 g/mol. The van der Waals surface area contributed by atoms with E-state index in [0.717, 1.165) is 4.47 Å². The standard InChI is InChI=1S/C24H30BrN3O3/c1-15(2)21-7-6-20(13-16(21)3)31-17(4)24(30)28-11-9-18(10-12-28)23(29)27-22-8-5-19(25)14-26-22/h5-8,13-15,17-18H,9-12H2,1-4H3,(H,26,27,29). The van der Waals surface area contributed by atoms with Crippen molar-refractivity contribution in [3.63, 3.8) is 0 Å². The van der Waals surface area contributed by atoms with Gasteiger partial charge in [-0.1, -0.05) is 19.9 Å². The highest BCUT2D eigenvalue weighted by molar-refractivity contribution is 9.10. The molecule has 6 nitrogen and oxygen atoms in total. The van der Waals surface area contributed by atoms with Crippen LogP contribution in [-0.2, 0) is 9.59 Å². The number of piperidine rings is 1. The number of hydrogen-bond acceptors (Lipinski definition) is 4. The fourth-order valence-corrected chi connectivity index (χ4v) is 4.16. The Labute approximate surface area is 192 Å². The van der Waals surface area contributed by atoms with Crippen LogP contribution in [0.1, 0.15) is 50.7 Å². The van der Waals surface area contributed by atoms with E-state index in [2.05, 4.69) is 53.1 Å². The van der Waals surface area contributed by atoms with Crippen molar-refractivity contribution in [3.05, 3.63) is 52.1 Å². The number of carbonyl (C=O) groups excluding carboxylic acids is 2. The van der Waals surface area contributed by atoms with Gasteiger partial charge in [0.1, 0.15) is 11.6 Å². The molecule has 1 aliphatic rings. The minimum absolute atomic E-state index is 0.0426. The van der Waals surface area contributed by atoms with E-state index >= 15 is 0 Å². The second-order valence-electron chi connectivity index (χ2n) is 8.38. The van der Waals surface area contributed by atoms with Crippen LogP contribution < -0.4 is 10.1 Å². The zero-order chi connectivity index (χ0) is 22.5. The predicted molar refractivity (Wildman–Crippen MR) is 125 cm³/mol. The van der Waals surface area contributed by atoms with Crippen molar-refractivity contribution in [2.24, 2.45) is 5.92 Å². The summed E-state index contributed by atoms with van der Waals surface area (Å²) >= 11 is 3.33. The van der Waals surface area contributed by atoms with Gasteiger partial charge in [0.2, 0.25) is 5.91 Å². The third-order valence-corrected chi connectivity index (χ3v) is 6.15. The lowest BCUT2D eigenvalue weighted by Gasteiger charge is -2.33. The summed E-state index contributed by atoms with van der Waals surface area (Å²) in [6.45, 7) is 9.26. The number of carbonyl (C=O) groups is 2. The maximum absolute atomic E-state index is 12.8. The summed E-state index contributed by atoms with van der Waals surface area (Å²) in [5.41, 5.74) is 2.45. The van der Waals surface area contributed by atoms with Gasteiger partial charge >= 0.3 is 0 Å². The zero-order valence-electron chi connectivity index (χ0n) is 18.5. The van der Waals surface area contributed by atoms with Crippen molar-refractivity contribution >= 4 is 33.6 Å². The molecule has 0 aliphatic carbocycles. The number of anilines is 1. The summed E-state index contributed by atoms with van der Waals surface area (Å²) in [5.74, 6) is 1.47. The summed E-state index contributed by atoms with van der Waals surface area (Å²) in [5, 5.41) is 2.86. The Morgan fingerprint density at radius 3 is 2.45 bits per heavy atom. The predicted octanol–water partition coefficient (Wildman–Crippen LogP) is 4.92. The number of hydrogen-bond donors (Lipinski definition) is 1. The smallest absolute Gasteiger partial charge is 0.263 e. The fourth-order valence-electron chi connectivity index (χ4n) is 3.92. The van der Waals surface area contributed by atoms with Crippen LogP contribution in [0.25, 0.3) is 0 Å². The number of benzene rings is 1. The van der Waals surface area contributed by atoms with Crippen molar-refractivity contribution in [3.8, 4) is 5.75 Å². The summed E-state index contributed by atoms with van der Waals surface area (Å²) in [4.78, 5) is 31.3. The SMILES string of the molecule is Cc1cc(OC(C)C(=O)N2CCC(C(=O)Nc3ccc(Br)cn3)CC2)ccc1C(C)C. The van der Waals surface area contributed by atoms with Crippen LogP contribution in [0.15, 0.2) is 41.0 Å². The lowest BCUT2D eigenvalue weighted by atomic mass is 9.95. The van der Waals surface area contributed by atoms with Gasteiger partial charge in [0.05, 0.1) is 0 Å². The number of aromatic nitrogens is 1. The molecule has 166 valence electrons. The molecule has 1 fully saturated rings. The number of ether oxygens (including phenoxy) is 1. The summed E-state index contributed by atoms with van der Waals surface area (Å²) in [6.07, 6.45) is 2.34. The topological polar surface area (TPSA) is 71.5 Å². The molecular formula is C24H30BrN3O3. The van der Waals surface area contributed by atoms with Crippen LogP contribution in [-0.4, -0.2) is 40.9 Å². The van der Waals surface area contributed by atoms with Gasteiger partial charge in [0.15, 0.2) is 6.10 Å². The molecule has 0 spiro atoms. The van der Waals surface area contributed by atoms with Crippen LogP contribution in [0.5, 0.6) is 5.75 Å². The Morgan fingerprint density at radius 1 is 1.16 bits per heavy atom. The van der Waals surface area contributed by atoms with E-state index in [4.69, 9.17) is 4.74 Å². The van der Waals surface area contributed by atoms with E-state index in [1.54, 1.807) is 24.1 Å². The highest BCUT2D eigenvalue weighted by Gasteiger charge is 2.30. The highest BCUT2D eigenvalue weighted by Crippen LogP contribution is 2.25. The number of nitrogens with zero attached hydrogens (tertiary/aromatic N) is 2. The third-order valence-electron chi connectivity index (χ3n) is 5.68. The van der Waals surface area contributed by atoms with Gasteiger partial charge in [-0.3, -0.25) is 9.59 Å². The lowest BCUT2D eigenvalue weighted by Crippen LogP contribution is -2.46. The zero-order valence-corrected chi connectivity index (χ0v) is 20.1. The van der Waals surface area contributed by atoms with E-state index in [1.807, 2.05) is 18.2 Å². The van der Waals surface area contributed by atoms with E-state index in [1.165, 1.54) is 11.1 Å². The van der Waals surface area contributed by atoms with Crippen molar-refractivity contribution in [2.75, 3.05) is 18.4 Å². The number of halogens is 1. The van der Waals surface area contributed by atoms with Crippen LogP contribution in [0.4, 0.5) is 5.82 Å². The molecule has 1 N–H and O–H groups in total. The molecule has 0 saturated carbocycles. The van der Waals surface area contributed by atoms with Crippen molar-refractivity contribution < 1.29 is 14.3 Å². The quantitative estimate of drug-likeness (QED) is 0.627. The fraction of sp³-hybridized carbons (Fsp3) is 0.458. The molecule has 0 radical (unpaired) electrons. The Bertz CT molecular complexity index is 922.